The molecule has 1 aliphatic heterocycles. The van der Waals surface area contributed by atoms with E-state index in [4.69, 9.17) is 14.2 Å². The average molecular weight is 325 g/mol. The number of carbonyl (C=O) groups excluding carboxylic acids is 1. The van der Waals surface area contributed by atoms with Gasteiger partial charge in [-0.2, -0.15) is 5.10 Å². The predicted molar refractivity (Wildman–Crippen MR) is 84.9 cm³/mol. The number of amides is 1. The molecule has 0 saturated carbocycles. The Bertz CT molecular complexity index is 522. The summed E-state index contributed by atoms with van der Waals surface area (Å²) in [5.41, 5.74) is -1.34. The van der Waals surface area contributed by atoms with Gasteiger partial charge in [0.2, 0.25) is 0 Å². The zero-order valence-corrected chi connectivity index (χ0v) is 14.8. The van der Waals surface area contributed by atoms with Crippen molar-refractivity contribution in [3.8, 4) is 0 Å². The highest BCUT2D eigenvalue weighted by molar-refractivity contribution is 5.70. The Morgan fingerprint density at radius 1 is 1.39 bits per heavy atom. The van der Waals surface area contributed by atoms with Crippen molar-refractivity contribution < 1.29 is 19.0 Å². The van der Waals surface area contributed by atoms with E-state index in [1.54, 1.807) is 22.9 Å². The van der Waals surface area contributed by atoms with Crippen LogP contribution in [0.5, 0.6) is 0 Å². The molecule has 7 heteroatoms. The molecule has 1 aromatic heterocycles. The van der Waals surface area contributed by atoms with Gasteiger partial charge in [0.1, 0.15) is 17.4 Å². The number of ether oxygens (including phenoxy) is 3. The molecule has 1 aliphatic rings. The second-order valence-corrected chi connectivity index (χ2v) is 7.20. The van der Waals surface area contributed by atoms with Crippen LogP contribution in [0.3, 0.4) is 0 Å². The lowest BCUT2D eigenvalue weighted by atomic mass is 10.1. The molecule has 0 radical (unpaired) electrons. The van der Waals surface area contributed by atoms with Gasteiger partial charge in [-0.25, -0.2) is 4.79 Å². The summed E-state index contributed by atoms with van der Waals surface area (Å²) in [5.74, 6) is 0. The minimum atomic E-state index is -0.774. The highest BCUT2D eigenvalue weighted by Crippen LogP contribution is 2.34. The van der Waals surface area contributed by atoms with Gasteiger partial charge in [0.05, 0.1) is 19.2 Å². The Kier molecular flexibility index (Phi) is 5.01. The summed E-state index contributed by atoms with van der Waals surface area (Å²) < 4.78 is 18.7. The van der Waals surface area contributed by atoms with E-state index >= 15 is 0 Å². The van der Waals surface area contributed by atoms with Gasteiger partial charge in [0.15, 0.2) is 0 Å². The lowest BCUT2D eigenvalue weighted by Crippen LogP contribution is -2.51. The van der Waals surface area contributed by atoms with Gasteiger partial charge < -0.3 is 14.2 Å². The first-order valence-electron chi connectivity index (χ1n) is 7.80. The first-order valence-corrected chi connectivity index (χ1v) is 7.80. The molecule has 0 aromatic carbocycles. The van der Waals surface area contributed by atoms with Crippen LogP contribution in [0.2, 0.25) is 0 Å². The van der Waals surface area contributed by atoms with Crippen LogP contribution < -0.4 is 0 Å². The Morgan fingerprint density at radius 3 is 2.61 bits per heavy atom. The van der Waals surface area contributed by atoms with Crippen LogP contribution in [0.15, 0.2) is 18.5 Å². The normalized spacial score (nSPS) is 24.0. The van der Waals surface area contributed by atoms with Crippen LogP contribution in [-0.4, -0.2) is 58.0 Å². The highest BCUT2D eigenvalue weighted by atomic mass is 16.6. The molecule has 2 unspecified atom stereocenters. The van der Waals surface area contributed by atoms with Crippen molar-refractivity contribution in [1.82, 2.24) is 14.7 Å². The average Bonchev–Trinajstić information content (AvgIpc) is 2.95. The van der Waals surface area contributed by atoms with Gasteiger partial charge in [0, 0.05) is 19.5 Å². The quantitative estimate of drug-likeness (QED) is 0.849. The summed E-state index contributed by atoms with van der Waals surface area (Å²) in [5, 5.41) is 4.23. The molecule has 130 valence electrons. The summed E-state index contributed by atoms with van der Waals surface area (Å²) in [6.45, 7) is 10.2. The van der Waals surface area contributed by atoms with Gasteiger partial charge in [-0.1, -0.05) is 0 Å². The van der Waals surface area contributed by atoms with E-state index in [0.29, 0.717) is 13.2 Å². The topological polar surface area (TPSA) is 65.8 Å². The predicted octanol–water partition coefficient (Wildman–Crippen LogP) is 2.27. The van der Waals surface area contributed by atoms with E-state index in [9.17, 15) is 4.79 Å². The molecule has 1 aromatic rings. The molecular formula is C16H27N3O4. The van der Waals surface area contributed by atoms with Crippen molar-refractivity contribution in [2.24, 2.45) is 0 Å². The van der Waals surface area contributed by atoms with Gasteiger partial charge >= 0.3 is 6.09 Å². The first-order chi connectivity index (χ1) is 10.6. The molecule has 7 nitrogen and oxygen atoms in total. The maximum Gasteiger partial charge on any atom is 0.412 e. The van der Waals surface area contributed by atoms with Crippen LogP contribution in [0, 0.1) is 0 Å². The molecule has 0 bridgehead atoms. The number of nitrogens with zero attached hydrogens (tertiary/aromatic N) is 3. The molecule has 1 fully saturated rings. The summed E-state index contributed by atoms with van der Waals surface area (Å²) in [6.07, 6.45) is 2.94. The van der Waals surface area contributed by atoms with E-state index in [-0.39, 0.29) is 12.1 Å². The Hall–Kier alpha value is -1.60. The molecule has 2 heterocycles. The minimum Gasteiger partial charge on any atom is -0.444 e. The molecule has 0 spiro atoms. The molecule has 0 N–H and O–H groups in total. The Morgan fingerprint density at radius 2 is 2.09 bits per heavy atom. The SMILES string of the molecule is COCC1OC(C)(C)N(C(=O)OC(C)(C)C)C1Cn1cccn1. The van der Waals surface area contributed by atoms with Crippen molar-refractivity contribution >= 4 is 6.09 Å². The van der Waals surface area contributed by atoms with Gasteiger partial charge in [0.25, 0.3) is 0 Å². The first kappa shape index (κ1) is 17.7. The number of methoxy groups -OCH3 is 1. The van der Waals surface area contributed by atoms with Crippen LogP contribution in [0.4, 0.5) is 4.79 Å². The van der Waals surface area contributed by atoms with E-state index in [0.717, 1.165) is 0 Å². The van der Waals surface area contributed by atoms with E-state index < -0.39 is 17.4 Å². The lowest BCUT2D eigenvalue weighted by molar-refractivity contribution is -0.0894. The fourth-order valence-electron chi connectivity index (χ4n) is 2.85. The Balaban J connectivity index is 2.27. The number of hydrogen-bond donors (Lipinski definition) is 0. The maximum atomic E-state index is 12.7. The fraction of sp³-hybridized carbons (Fsp3) is 0.750. The summed E-state index contributed by atoms with van der Waals surface area (Å²) in [6, 6.07) is 1.63. The van der Waals surface area contributed by atoms with Crippen molar-refractivity contribution in [1.29, 1.82) is 0 Å². The van der Waals surface area contributed by atoms with E-state index in [2.05, 4.69) is 5.10 Å². The molecule has 1 amide bonds. The van der Waals surface area contributed by atoms with Crippen molar-refractivity contribution in [3.05, 3.63) is 18.5 Å². The number of carbonyl (C=O) groups is 1. The standard InChI is InChI=1S/C16H27N3O4/c1-15(2,3)23-14(20)19-12(10-18-9-7-8-17-18)13(11-21-6)22-16(19,4)5/h7-9,12-13H,10-11H2,1-6H3. The van der Waals surface area contributed by atoms with E-state index in [1.165, 1.54) is 0 Å². The van der Waals surface area contributed by atoms with Crippen molar-refractivity contribution in [2.75, 3.05) is 13.7 Å². The second kappa shape index (κ2) is 6.49. The van der Waals surface area contributed by atoms with Gasteiger partial charge in [-0.3, -0.25) is 9.58 Å². The van der Waals surface area contributed by atoms with Crippen molar-refractivity contribution in [3.63, 3.8) is 0 Å². The number of rotatable bonds is 4. The monoisotopic (exact) mass is 325 g/mol. The third-order valence-corrected chi connectivity index (χ3v) is 3.64. The third kappa shape index (κ3) is 4.23. The number of hydrogen-bond acceptors (Lipinski definition) is 5. The maximum absolute atomic E-state index is 12.7. The summed E-state index contributed by atoms with van der Waals surface area (Å²) in [4.78, 5) is 14.4. The summed E-state index contributed by atoms with van der Waals surface area (Å²) in [7, 11) is 1.62. The van der Waals surface area contributed by atoms with Crippen molar-refractivity contribution in [2.45, 2.75) is 64.6 Å². The second-order valence-electron chi connectivity index (χ2n) is 7.20. The zero-order valence-electron chi connectivity index (χ0n) is 14.8. The molecule has 23 heavy (non-hydrogen) atoms. The van der Waals surface area contributed by atoms with Gasteiger partial charge in [-0.15, -0.1) is 0 Å². The zero-order chi connectivity index (χ0) is 17.3. The highest BCUT2D eigenvalue weighted by Gasteiger charge is 2.51. The van der Waals surface area contributed by atoms with Crippen LogP contribution in [0.25, 0.3) is 0 Å². The minimum absolute atomic E-state index is 0.223. The molecule has 0 aliphatic carbocycles. The Labute approximate surface area is 137 Å². The molecule has 1 saturated heterocycles. The van der Waals surface area contributed by atoms with E-state index in [1.807, 2.05) is 46.9 Å². The largest absolute Gasteiger partial charge is 0.444 e. The molecule has 2 atom stereocenters. The van der Waals surface area contributed by atoms with Gasteiger partial charge in [-0.05, 0) is 40.7 Å². The van der Waals surface area contributed by atoms with Crippen LogP contribution >= 0.6 is 0 Å². The van der Waals surface area contributed by atoms with Crippen LogP contribution in [-0.2, 0) is 20.8 Å². The summed E-state index contributed by atoms with van der Waals surface area (Å²) >= 11 is 0. The molecule has 2 rings (SSSR count). The number of aromatic nitrogens is 2. The lowest BCUT2D eigenvalue weighted by Gasteiger charge is -2.35. The fourth-order valence-corrected chi connectivity index (χ4v) is 2.85. The smallest absolute Gasteiger partial charge is 0.412 e. The molecular weight excluding hydrogens is 298 g/mol. The van der Waals surface area contributed by atoms with Crippen LogP contribution in [0.1, 0.15) is 34.6 Å². The third-order valence-electron chi connectivity index (χ3n) is 3.64.